The van der Waals surface area contributed by atoms with Gasteiger partial charge in [0.15, 0.2) is 5.75 Å². The molecular formula is C21H25NO5. The lowest BCUT2D eigenvalue weighted by Gasteiger charge is -2.15. The summed E-state index contributed by atoms with van der Waals surface area (Å²) >= 11 is 0. The van der Waals surface area contributed by atoms with E-state index in [0.29, 0.717) is 11.1 Å². The van der Waals surface area contributed by atoms with Crippen LogP contribution in [0, 0.1) is 10.1 Å². The summed E-state index contributed by atoms with van der Waals surface area (Å²) in [5.74, 6) is -0.752. The monoisotopic (exact) mass is 371 g/mol. The highest BCUT2D eigenvalue weighted by Gasteiger charge is 2.19. The highest BCUT2D eigenvalue weighted by molar-refractivity contribution is 5.88. The van der Waals surface area contributed by atoms with E-state index in [4.69, 9.17) is 9.84 Å². The number of benzene rings is 2. The van der Waals surface area contributed by atoms with Crippen molar-refractivity contribution in [2.24, 2.45) is 0 Å². The topological polar surface area (TPSA) is 89.7 Å². The van der Waals surface area contributed by atoms with Gasteiger partial charge in [0.1, 0.15) is 0 Å². The van der Waals surface area contributed by atoms with Crippen LogP contribution in [0.3, 0.4) is 0 Å². The van der Waals surface area contributed by atoms with Gasteiger partial charge in [0.05, 0.1) is 16.6 Å². The van der Waals surface area contributed by atoms with Crippen molar-refractivity contribution < 1.29 is 19.6 Å². The van der Waals surface area contributed by atoms with E-state index in [2.05, 4.69) is 6.92 Å². The molecule has 1 atom stereocenters. The number of nitrogens with zero attached hydrogens (tertiary/aromatic N) is 1. The van der Waals surface area contributed by atoms with Crippen molar-refractivity contribution in [3.8, 4) is 16.9 Å². The van der Waals surface area contributed by atoms with Gasteiger partial charge in [0.25, 0.3) is 0 Å². The normalized spacial score (nSPS) is 11.8. The average molecular weight is 371 g/mol. The van der Waals surface area contributed by atoms with Crippen molar-refractivity contribution in [3.63, 3.8) is 0 Å². The van der Waals surface area contributed by atoms with E-state index >= 15 is 0 Å². The SMILES string of the molecule is CCCCCC[C@@H](C)Oc1ccc(-c2ccc(C(=O)O)cc2)cc1[N+](=O)[O-]. The van der Waals surface area contributed by atoms with Crippen LogP contribution in [0.4, 0.5) is 5.69 Å². The molecule has 0 aliphatic carbocycles. The zero-order valence-corrected chi connectivity index (χ0v) is 15.7. The Morgan fingerprint density at radius 3 is 2.37 bits per heavy atom. The van der Waals surface area contributed by atoms with Gasteiger partial charge in [0, 0.05) is 6.07 Å². The van der Waals surface area contributed by atoms with Crippen molar-refractivity contribution in [1.29, 1.82) is 0 Å². The first kappa shape index (κ1) is 20.4. The van der Waals surface area contributed by atoms with Crippen LogP contribution in [0.2, 0.25) is 0 Å². The molecule has 2 aromatic carbocycles. The molecule has 0 aliphatic heterocycles. The maximum Gasteiger partial charge on any atom is 0.335 e. The number of nitro benzene ring substituents is 1. The summed E-state index contributed by atoms with van der Waals surface area (Å²) in [5, 5.41) is 20.4. The lowest BCUT2D eigenvalue weighted by atomic mass is 10.0. The van der Waals surface area contributed by atoms with Gasteiger partial charge in [0.2, 0.25) is 0 Å². The Bertz CT molecular complexity index is 786. The number of hydrogen-bond acceptors (Lipinski definition) is 4. The number of carboxylic acid groups (broad SMARTS) is 1. The molecule has 0 amide bonds. The highest BCUT2D eigenvalue weighted by atomic mass is 16.6. The standard InChI is InChI=1S/C21H25NO5/c1-3-4-5-6-7-15(2)27-20-13-12-18(14-19(20)22(25)26)16-8-10-17(11-9-16)21(23)24/h8-15H,3-7H2,1-2H3,(H,23,24)/t15-/m1/s1. The van der Waals surface area contributed by atoms with Gasteiger partial charge in [-0.15, -0.1) is 0 Å². The summed E-state index contributed by atoms with van der Waals surface area (Å²) < 4.78 is 5.81. The second kappa shape index (κ2) is 9.71. The van der Waals surface area contributed by atoms with E-state index in [0.717, 1.165) is 25.7 Å². The molecule has 6 heteroatoms. The van der Waals surface area contributed by atoms with Gasteiger partial charge in [-0.2, -0.15) is 0 Å². The Morgan fingerprint density at radius 2 is 1.78 bits per heavy atom. The largest absolute Gasteiger partial charge is 0.484 e. The van der Waals surface area contributed by atoms with Gasteiger partial charge in [-0.3, -0.25) is 10.1 Å². The van der Waals surface area contributed by atoms with E-state index in [9.17, 15) is 14.9 Å². The Kier molecular flexibility index (Phi) is 7.34. The molecule has 2 aromatic rings. The minimum atomic E-state index is -1.01. The smallest absolute Gasteiger partial charge is 0.335 e. The van der Waals surface area contributed by atoms with Crippen LogP contribution >= 0.6 is 0 Å². The fourth-order valence-corrected chi connectivity index (χ4v) is 2.88. The van der Waals surface area contributed by atoms with E-state index in [1.807, 2.05) is 6.92 Å². The quantitative estimate of drug-likeness (QED) is 0.329. The number of hydrogen-bond donors (Lipinski definition) is 1. The lowest BCUT2D eigenvalue weighted by molar-refractivity contribution is -0.386. The molecule has 0 unspecified atom stereocenters. The molecule has 0 saturated carbocycles. The first-order chi connectivity index (χ1) is 12.9. The third-order valence-electron chi connectivity index (χ3n) is 4.41. The maximum absolute atomic E-state index is 11.5. The van der Waals surface area contributed by atoms with Crippen molar-refractivity contribution in [2.45, 2.75) is 52.1 Å². The predicted octanol–water partition coefficient (Wildman–Crippen LogP) is 5.70. The van der Waals surface area contributed by atoms with Crippen molar-refractivity contribution in [3.05, 3.63) is 58.1 Å². The lowest BCUT2D eigenvalue weighted by Crippen LogP contribution is -2.12. The second-order valence-electron chi connectivity index (χ2n) is 6.60. The number of unbranched alkanes of at least 4 members (excludes halogenated alkanes) is 3. The molecule has 0 saturated heterocycles. The number of aromatic carboxylic acids is 1. The fraction of sp³-hybridized carbons (Fsp3) is 0.381. The first-order valence-electron chi connectivity index (χ1n) is 9.21. The zero-order chi connectivity index (χ0) is 19.8. The second-order valence-corrected chi connectivity index (χ2v) is 6.60. The molecule has 0 radical (unpaired) electrons. The van der Waals surface area contributed by atoms with Crippen LogP contribution < -0.4 is 4.74 Å². The molecule has 0 fully saturated rings. The van der Waals surface area contributed by atoms with Gasteiger partial charge >= 0.3 is 11.7 Å². The molecule has 0 heterocycles. The Balaban J connectivity index is 2.16. The number of carbonyl (C=O) groups is 1. The Morgan fingerprint density at radius 1 is 1.11 bits per heavy atom. The summed E-state index contributed by atoms with van der Waals surface area (Å²) in [6.07, 6.45) is 5.28. The zero-order valence-electron chi connectivity index (χ0n) is 15.7. The number of ether oxygens (including phenoxy) is 1. The van der Waals surface area contributed by atoms with Crippen LogP contribution in [0.1, 0.15) is 56.3 Å². The van der Waals surface area contributed by atoms with Crippen LogP contribution in [-0.4, -0.2) is 22.1 Å². The van der Waals surface area contributed by atoms with Gasteiger partial charge < -0.3 is 9.84 Å². The molecule has 0 spiro atoms. The molecule has 1 N–H and O–H groups in total. The molecule has 6 nitrogen and oxygen atoms in total. The summed E-state index contributed by atoms with van der Waals surface area (Å²) in [6, 6.07) is 11.1. The van der Waals surface area contributed by atoms with E-state index in [1.165, 1.54) is 24.6 Å². The van der Waals surface area contributed by atoms with Crippen molar-refractivity contribution in [2.75, 3.05) is 0 Å². The van der Waals surface area contributed by atoms with Gasteiger partial charge in [-0.1, -0.05) is 44.4 Å². The van der Waals surface area contributed by atoms with Crippen LogP contribution in [0.5, 0.6) is 5.75 Å². The summed E-state index contributed by atoms with van der Waals surface area (Å²) in [6.45, 7) is 4.08. The third-order valence-corrected chi connectivity index (χ3v) is 4.41. The number of nitro groups is 1. The summed E-state index contributed by atoms with van der Waals surface area (Å²) in [7, 11) is 0. The third kappa shape index (κ3) is 5.81. The Hall–Kier alpha value is -2.89. The van der Waals surface area contributed by atoms with Crippen LogP contribution in [0.25, 0.3) is 11.1 Å². The van der Waals surface area contributed by atoms with Crippen LogP contribution in [-0.2, 0) is 0 Å². The maximum atomic E-state index is 11.5. The minimum Gasteiger partial charge on any atom is -0.484 e. The molecule has 144 valence electrons. The van der Waals surface area contributed by atoms with Crippen molar-refractivity contribution in [1.82, 2.24) is 0 Å². The highest BCUT2D eigenvalue weighted by Crippen LogP contribution is 2.33. The van der Waals surface area contributed by atoms with E-state index < -0.39 is 10.9 Å². The van der Waals surface area contributed by atoms with Crippen molar-refractivity contribution >= 4 is 11.7 Å². The average Bonchev–Trinajstić information content (AvgIpc) is 2.65. The van der Waals surface area contributed by atoms with Gasteiger partial charge in [-0.05, 0) is 49.1 Å². The molecule has 0 aliphatic rings. The molecule has 2 rings (SSSR count). The van der Waals surface area contributed by atoms with Gasteiger partial charge in [-0.25, -0.2) is 4.79 Å². The molecule has 0 bridgehead atoms. The number of carboxylic acids is 1. The Labute approximate surface area is 158 Å². The van der Waals surface area contributed by atoms with E-state index in [1.54, 1.807) is 24.3 Å². The predicted molar refractivity (Wildman–Crippen MR) is 104 cm³/mol. The minimum absolute atomic E-state index is 0.0878. The molecular weight excluding hydrogens is 346 g/mol. The number of rotatable bonds is 10. The molecule has 27 heavy (non-hydrogen) atoms. The van der Waals surface area contributed by atoms with E-state index in [-0.39, 0.29) is 23.1 Å². The summed E-state index contributed by atoms with van der Waals surface area (Å²) in [4.78, 5) is 22.0. The fourth-order valence-electron chi connectivity index (χ4n) is 2.88. The summed E-state index contributed by atoms with van der Waals surface area (Å²) in [5.41, 5.74) is 1.43. The molecule has 0 aromatic heterocycles. The first-order valence-corrected chi connectivity index (χ1v) is 9.21. The van der Waals surface area contributed by atoms with Crippen LogP contribution in [0.15, 0.2) is 42.5 Å².